The first-order valence-electron chi connectivity index (χ1n) is 6.50. The zero-order chi connectivity index (χ0) is 12.8. The normalized spacial score (nSPS) is 12.6. The fourth-order valence-corrected chi connectivity index (χ4v) is 2.53. The van der Waals surface area contributed by atoms with Crippen LogP contribution in [0.1, 0.15) is 42.4 Å². The van der Waals surface area contributed by atoms with Crippen molar-refractivity contribution in [1.29, 1.82) is 0 Å². The minimum Gasteiger partial charge on any atom is -0.304 e. The monoisotopic (exact) mass is 260 g/mol. The number of aromatic nitrogens is 1. The van der Waals surface area contributed by atoms with Gasteiger partial charge in [0.15, 0.2) is 0 Å². The molecule has 2 nitrogen and oxygen atoms in total. The Morgan fingerprint density at radius 2 is 2.06 bits per heavy atom. The Morgan fingerprint density at radius 1 is 1.28 bits per heavy atom. The smallest absolute Gasteiger partial charge is 0.106 e. The average molecular weight is 260 g/mol. The summed E-state index contributed by atoms with van der Waals surface area (Å²) in [5.41, 5.74) is 2.76. The van der Waals surface area contributed by atoms with Crippen LogP contribution in [0.3, 0.4) is 0 Å². The summed E-state index contributed by atoms with van der Waals surface area (Å²) in [6.45, 7) is 5.25. The summed E-state index contributed by atoms with van der Waals surface area (Å²) in [4.78, 5) is 4.28. The van der Waals surface area contributed by atoms with E-state index in [-0.39, 0.29) is 0 Å². The number of rotatable bonds is 6. The van der Waals surface area contributed by atoms with Crippen LogP contribution in [0.2, 0.25) is 0 Å². The highest BCUT2D eigenvalue weighted by atomic mass is 32.1. The number of thiazole rings is 1. The molecule has 0 aliphatic heterocycles. The Labute approximate surface area is 113 Å². The van der Waals surface area contributed by atoms with Crippen LogP contribution in [-0.2, 0) is 13.0 Å². The molecule has 2 aromatic rings. The molecule has 0 aliphatic carbocycles. The van der Waals surface area contributed by atoms with Crippen LogP contribution in [0.5, 0.6) is 0 Å². The lowest BCUT2D eigenvalue weighted by atomic mass is 10.0. The molecule has 3 heteroatoms. The van der Waals surface area contributed by atoms with Crippen molar-refractivity contribution in [1.82, 2.24) is 10.3 Å². The molecule has 1 N–H and O–H groups in total. The standard InChI is InChI=1S/C15H20N2S/c1-3-4-13-5-7-14(8-6-13)12(2)17-11-15-16-9-10-18-15/h5-10,12,17H,3-4,11H2,1-2H3. The molecule has 1 unspecified atom stereocenters. The topological polar surface area (TPSA) is 24.9 Å². The van der Waals surface area contributed by atoms with Gasteiger partial charge in [-0.2, -0.15) is 0 Å². The maximum atomic E-state index is 4.28. The summed E-state index contributed by atoms with van der Waals surface area (Å²) in [5, 5.41) is 6.66. The van der Waals surface area contributed by atoms with E-state index >= 15 is 0 Å². The van der Waals surface area contributed by atoms with E-state index in [0.717, 1.165) is 11.6 Å². The minimum absolute atomic E-state index is 0.365. The van der Waals surface area contributed by atoms with Crippen molar-refractivity contribution in [2.75, 3.05) is 0 Å². The van der Waals surface area contributed by atoms with Crippen LogP contribution in [0, 0.1) is 0 Å². The van der Waals surface area contributed by atoms with Crippen molar-refractivity contribution in [2.24, 2.45) is 0 Å². The Morgan fingerprint density at radius 3 is 2.67 bits per heavy atom. The van der Waals surface area contributed by atoms with Crippen LogP contribution >= 0.6 is 11.3 Å². The van der Waals surface area contributed by atoms with Crippen LogP contribution in [0.25, 0.3) is 0 Å². The first-order chi connectivity index (χ1) is 8.79. The molecule has 1 atom stereocenters. The predicted molar refractivity (Wildman–Crippen MR) is 77.8 cm³/mol. The van der Waals surface area contributed by atoms with Crippen molar-refractivity contribution in [2.45, 2.75) is 39.3 Å². The van der Waals surface area contributed by atoms with Crippen molar-refractivity contribution in [3.05, 3.63) is 52.0 Å². The van der Waals surface area contributed by atoms with E-state index in [4.69, 9.17) is 0 Å². The van der Waals surface area contributed by atoms with Crippen LogP contribution in [-0.4, -0.2) is 4.98 Å². The van der Waals surface area contributed by atoms with Crippen LogP contribution < -0.4 is 5.32 Å². The maximum absolute atomic E-state index is 4.28. The lowest BCUT2D eigenvalue weighted by molar-refractivity contribution is 0.573. The fraction of sp³-hybridized carbons (Fsp3) is 0.400. The van der Waals surface area contributed by atoms with Gasteiger partial charge in [0.05, 0.1) is 0 Å². The van der Waals surface area contributed by atoms with Gasteiger partial charge in [-0.3, -0.25) is 0 Å². The largest absolute Gasteiger partial charge is 0.304 e. The summed E-state index contributed by atoms with van der Waals surface area (Å²) in [6.07, 6.45) is 4.23. The maximum Gasteiger partial charge on any atom is 0.106 e. The van der Waals surface area contributed by atoms with E-state index in [0.29, 0.717) is 6.04 Å². The molecule has 1 aromatic carbocycles. The third-order valence-corrected chi connectivity index (χ3v) is 3.84. The van der Waals surface area contributed by atoms with Gasteiger partial charge in [0.1, 0.15) is 5.01 Å². The molecule has 0 radical (unpaired) electrons. The summed E-state index contributed by atoms with van der Waals surface area (Å²) in [7, 11) is 0. The third kappa shape index (κ3) is 3.65. The second-order valence-electron chi connectivity index (χ2n) is 4.52. The highest BCUT2D eigenvalue weighted by Crippen LogP contribution is 2.15. The zero-order valence-electron chi connectivity index (χ0n) is 11.0. The number of nitrogens with zero attached hydrogens (tertiary/aromatic N) is 1. The summed E-state index contributed by atoms with van der Waals surface area (Å²) < 4.78 is 0. The van der Waals surface area contributed by atoms with Gasteiger partial charge in [-0.15, -0.1) is 11.3 Å². The molecule has 0 bridgehead atoms. The molecule has 1 aromatic heterocycles. The SMILES string of the molecule is CCCc1ccc(C(C)NCc2nccs2)cc1. The predicted octanol–water partition coefficient (Wildman–Crippen LogP) is 3.95. The van der Waals surface area contributed by atoms with Gasteiger partial charge in [-0.05, 0) is 24.5 Å². The van der Waals surface area contributed by atoms with E-state index in [2.05, 4.69) is 48.4 Å². The Balaban J connectivity index is 1.89. The lowest BCUT2D eigenvalue weighted by Gasteiger charge is -2.13. The Kier molecular flexibility index (Phi) is 4.90. The van der Waals surface area contributed by atoms with E-state index < -0.39 is 0 Å². The molecular weight excluding hydrogens is 240 g/mol. The van der Waals surface area contributed by atoms with E-state index in [1.54, 1.807) is 11.3 Å². The Bertz CT molecular complexity index is 448. The van der Waals surface area contributed by atoms with Crippen molar-refractivity contribution in [3.8, 4) is 0 Å². The molecule has 1 heterocycles. The van der Waals surface area contributed by atoms with Gasteiger partial charge < -0.3 is 5.32 Å². The minimum atomic E-state index is 0.365. The Hall–Kier alpha value is -1.19. The molecule has 18 heavy (non-hydrogen) atoms. The summed E-state index contributed by atoms with van der Waals surface area (Å²) in [6, 6.07) is 9.29. The second kappa shape index (κ2) is 6.66. The molecule has 0 fully saturated rings. The molecule has 2 rings (SSSR count). The quantitative estimate of drug-likeness (QED) is 0.850. The lowest BCUT2D eigenvalue weighted by Crippen LogP contribution is -2.17. The molecule has 0 saturated carbocycles. The number of benzene rings is 1. The molecule has 0 spiro atoms. The highest BCUT2D eigenvalue weighted by molar-refractivity contribution is 7.09. The highest BCUT2D eigenvalue weighted by Gasteiger charge is 2.05. The number of hydrogen-bond acceptors (Lipinski definition) is 3. The van der Waals surface area contributed by atoms with Gasteiger partial charge in [0, 0.05) is 24.2 Å². The van der Waals surface area contributed by atoms with Gasteiger partial charge in [0.25, 0.3) is 0 Å². The first-order valence-corrected chi connectivity index (χ1v) is 7.38. The molecule has 0 saturated heterocycles. The molecule has 0 aliphatic rings. The molecule has 0 amide bonds. The van der Waals surface area contributed by atoms with E-state index in [1.165, 1.54) is 24.0 Å². The van der Waals surface area contributed by atoms with Gasteiger partial charge in [-0.1, -0.05) is 37.6 Å². The zero-order valence-corrected chi connectivity index (χ0v) is 11.8. The summed E-state index contributed by atoms with van der Waals surface area (Å²) in [5.74, 6) is 0. The van der Waals surface area contributed by atoms with E-state index in [9.17, 15) is 0 Å². The van der Waals surface area contributed by atoms with Crippen molar-refractivity contribution < 1.29 is 0 Å². The van der Waals surface area contributed by atoms with E-state index in [1.807, 2.05) is 11.6 Å². The fourth-order valence-electron chi connectivity index (χ4n) is 1.96. The van der Waals surface area contributed by atoms with Crippen LogP contribution in [0.15, 0.2) is 35.8 Å². The number of aryl methyl sites for hydroxylation is 1. The van der Waals surface area contributed by atoms with Crippen molar-refractivity contribution >= 4 is 11.3 Å². The van der Waals surface area contributed by atoms with Gasteiger partial charge in [0.2, 0.25) is 0 Å². The van der Waals surface area contributed by atoms with Gasteiger partial charge in [-0.25, -0.2) is 4.98 Å². The molecule has 96 valence electrons. The number of nitrogens with one attached hydrogen (secondary N) is 1. The molecular formula is C15H20N2S. The first kappa shape index (κ1) is 13.2. The number of hydrogen-bond donors (Lipinski definition) is 1. The third-order valence-electron chi connectivity index (χ3n) is 3.06. The summed E-state index contributed by atoms with van der Waals surface area (Å²) >= 11 is 1.70. The second-order valence-corrected chi connectivity index (χ2v) is 5.50. The van der Waals surface area contributed by atoms with Crippen molar-refractivity contribution in [3.63, 3.8) is 0 Å². The average Bonchev–Trinajstić information content (AvgIpc) is 2.90. The van der Waals surface area contributed by atoms with Gasteiger partial charge >= 0.3 is 0 Å². The van der Waals surface area contributed by atoms with Crippen LogP contribution in [0.4, 0.5) is 0 Å².